The summed E-state index contributed by atoms with van der Waals surface area (Å²) in [6.45, 7) is 0.993. The average Bonchev–Trinajstić information content (AvgIpc) is 2.72. The van der Waals surface area contributed by atoms with E-state index in [0.29, 0.717) is 13.1 Å². The molecule has 0 atom stereocenters. The van der Waals surface area contributed by atoms with E-state index >= 15 is 0 Å². The van der Waals surface area contributed by atoms with E-state index in [0.717, 1.165) is 22.4 Å². The van der Waals surface area contributed by atoms with Crippen molar-refractivity contribution in [3.8, 4) is 0 Å². The Labute approximate surface area is 103 Å². The highest BCUT2D eigenvalue weighted by atomic mass is 19.1. The summed E-state index contributed by atoms with van der Waals surface area (Å²) in [5, 5.41) is 0. The molecule has 1 aliphatic rings. The Morgan fingerprint density at radius 2 is 2.00 bits per heavy atom. The van der Waals surface area contributed by atoms with Crippen molar-refractivity contribution in [2.24, 2.45) is 0 Å². The summed E-state index contributed by atoms with van der Waals surface area (Å²) in [7, 11) is 0. The third kappa shape index (κ3) is 1.32. The van der Waals surface area contributed by atoms with Gasteiger partial charge in [0.25, 0.3) is 0 Å². The molecule has 4 heteroatoms. The molecule has 0 saturated carbocycles. The summed E-state index contributed by atoms with van der Waals surface area (Å²) < 4.78 is 14.9. The third-order valence-corrected chi connectivity index (χ3v) is 3.50. The summed E-state index contributed by atoms with van der Waals surface area (Å²) in [5.74, 6) is 0. The van der Waals surface area contributed by atoms with Crippen molar-refractivity contribution < 1.29 is 4.39 Å². The predicted octanol–water partition coefficient (Wildman–Crippen LogP) is 2.65. The van der Waals surface area contributed by atoms with Crippen LogP contribution in [-0.2, 0) is 0 Å². The molecule has 0 unspecified atom stereocenters. The molecule has 0 spiro atoms. The highest BCUT2D eigenvalue weighted by Crippen LogP contribution is 2.25. The van der Waals surface area contributed by atoms with Gasteiger partial charge in [-0.1, -0.05) is 12.1 Å². The average molecular weight is 241 g/mol. The zero-order valence-corrected chi connectivity index (χ0v) is 9.75. The Bertz CT molecular complexity index is 728. The van der Waals surface area contributed by atoms with Gasteiger partial charge in [-0.05, 0) is 18.2 Å². The summed E-state index contributed by atoms with van der Waals surface area (Å²) in [6.07, 6.45) is 1.32. The standard InChI is InChI=1S/C14H12FN3/c15-10-8-17(9-10)11-5-6-18-13-4-2-1-3-12(13)16-14(18)7-11/h1-7,10H,8-9H2. The molecule has 3 nitrogen and oxygen atoms in total. The first kappa shape index (κ1) is 9.88. The number of hydrogen-bond acceptors (Lipinski definition) is 2. The molecule has 1 aromatic carbocycles. The summed E-state index contributed by atoms with van der Waals surface area (Å²) in [4.78, 5) is 6.61. The molecular weight excluding hydrogens is 229 g/mol. The lowest BCUT2D eigenvalue weighted by atomic mass is 10.1. The van der Waals surface area contributed by atoms with Gasteiger partial charge in [0.15, 0.2) is 0 Å². The van der Waals surface area contributed by atoms with Crippen LogP contribution in [0, 0.1) is 0 Å². The van der Waals surface area contributed by atoms with Crippen molar-refractivity contribution in [3.05, 3.63) is 42.6 Å². The second-order valence-corrected chi connectivity index (χ2v) is 4.72. The van der Waals surface area contributed by atoms with Crippen LogP contribution < -0.4 is 4.90 Å². The number of para-hydroxylation sites is 2. The van der Waals surface area contributed by atoms with Crippen molar-refractivity contribution in [1.82, 2.24) is 9.38 Å². The first-order chi connectivity index (χ1) is 8.81. The number of benzene rings is 1. The Balaban J connectivity index is 1.87. The van der Waals surface area contributed by atoms with Gasteiger partial charge in [0.05, 0.1) is 24.1 Å². The van der Waals surface area contributed by atoms with Crippen LogP contribution in [0.2, 0.25) is 0 Å². The van der Waals surface area contributed by atoms with Crippen LogP contribution in [0.4, 0.5) is 10.1 Å². The monoisotopic (exact) mass is 241 g/mol. The first-order valence-corrected chi connectivity index (χ1v) is 6.07. The Kier molecular flexibility index (Phi) is 1.89. The van der Waals surface area contributed by atoms with E-state index in [2.05, 4.69) is 15.5 Å². The molecule has 3 heterocycles. The topological polar surface area (TPSA) is 20.5 Å². The van der Waals surface area contributed by atoms with Gasteiger partial charge in [-0.25, -0.2) is 9.37 Å². The fourth-order valence-corrected chi connectivity index (χ4v) is 2.49. The maximum absolute atomic E-state index is 12.9. The number of imidazole rings is 1. The number of pyridine rings is 1. The number of fused-ring (bicyclic) bond motifs is 3. The molecule has 1 aliphatic heterocycles. The van der Waals surface area contributed by atoms with Crippen LogP contribution in [0.1, 0.15) is 0 Å². The molecule has 0 N–H and O–H groups in total. The normalized spacial score (nSPS) is 16.4. The third-order valence-electron chi connectivity index (χ3n) is 3.50. The van der Waals surface area contributed by atoms with Crippen LogP contribution in [-0.4, -0.2) is 28.6 Å². The van der Waals surface area contributed by atoms with Crippen molar-refractivity contribution in [2.75, 3.05) is 18.0 Å². The van der Waals surface area contributed by atoms with E-state index in [1.165, 1.54) is 0 Å². The van der Waals surface area contributed by atoms with Gasteiger partial charge in [-0.2, -0.15) is 0 Å². The van der Waals surface area contributed by atoms with Crippen LogP contribution in [0.3, 0.4) is 0 Å². The van der Waals surface area contributed by atoms with Crippen molar-refractivity contribution in [3.63, 3.8) is 0 Å². The molecule has 18 heavy (non-hydrogen) atoms. The SMILES string of the molecule is FC1CN(c2ccn3c(c2)nc2ccccc23)C1. The maximum Gasteiger partial charge on any atom is 0.139 e. The molecule has 1 fully saturated rings. The van der Waals surface area contributed by atoms with Crippen LogP contribution in [0.5, 0.6) is 0 Å². The second kappa shape index (κ2) is 3.45. The molecule has 0 bridgehead atoms. The van der Waals surface area contributed by atoms with Crippen molar-refractivity contribution in [1.29, 1.82) is 0 Å². The van der Waals surface area contributed by atoms with E-state index in [-0.39, 0.29) is 0 Å². The predicted molar refractivity (Wildman–Crippen MR) is 69.8 cm³/mol. The number of alkyl halides is 1. The number of rotatable bonds is 1. The molecular formula is C14H12FN3. The quantitative estimate of drug-likeness (QED) is 0.653. The Morgan fingerprint density at radius 3 is 2.83 bits per heavy atom. The van der Waals surface area contributed by atoms with Gasteiger partial charge in [-0.15, -0.1) is 0 Å². The minimum Gasteiger partial charge on any atom is -0.365 e. The van der Waals surface area contributed by atoms with E-state index in [1.807, 2.05) is 41.4 Å². The van der Waals surface area contributed by atoms with E-state index in [1.54, 1.807) is 0 Å². The molecule has 3 aromatic rings. The Hall–Kier alpha value is -2.10. The molecule has 4 rings (SSSR count). The highest BCUT2D eigenvalue weighted by molar-refractivity contribution is 5.81. The number of nitrogens with zero attached hydrogens (tertiary/aromatic N) is 3. The lowest BCUT2D eigenvalue weighted by molar-refractivity contribution is 0.275. The van der Waals surface area contributed by atoms with Crippen molar-refractivity contribution >= 4 is 22.4 Å². The first-order valence-electron chi connectivity index (χ1n) is 6.07. The zero-order valence-electron chi connectivity index (χ0n) is 9.75. The fraction of sp³-hybridized carbons (Fsp3) is 0.214. The lowest BCUT2D eigenvalue weighted by Crippen LogP contribution is -2.48. The van der Waals surface area contributed by atoms with Gasteiger partial charge >= 0.3 is 0 Å². The number of halogens is 1. The van der Waals surface area contributed by atoms with Crippen molar-refractivity contribution in [2.45, 2.75) is 6.17 Å². The number of hydrogen-bond donors (Lipinski definition) is 0. The van der Waals surface area contributed by atoms with Gasteiger partial charge in [0, 0.05) is 18.0 Å². The molecule has 2 aromatic heterocycles. The minimum atomic E-state index is -0.681. The van der Waals surface area contributed by atoms with Crippen LogP contribution in [0.25, 0.3) is 16.7 Å². The van der Waals surface area contributed by atoms with Crippen LogP contribution in [0.15, 0.2) is 42.6 Å². The number of anilines is 1. The summed E-state index contributed by atoms with van der Waals surface area (Å²) in [5.41, 5.74) is 4.05. The summed E-state index contributed by atoms with van der Waals surface area (Å²) >= 11 is 0. The maximum atomic E-state index is 12.9. The number of aromatic nitrogens is 2. The van der Waals surface area contributed by atoms with E-state index in [4.69, 9.17) is 0 Å². The summed E-state index contributed by atoms with van der Waals surface area (Å²) in [6, 6.07) is 12.1. The van der Waals surface area contributed by atoms with E-state index < -0.39 is 6.17 Å². The second-order valence-electron chi connectivity index (χ2n) is 4.72. The van der Waals surface area contributed by atoms with Gasteiger partial charge in [-0.3, -0.25) is 4.40 Å². The smallest absolute Gasteiger partial charge is 0.139 e. The van der Waals surface area contributed by atoms with Gasteiger partial charge < -0.3 is 4.90 Å². The fourth-order valence-electron chi connectivity index (χ4n) is 2.49. The van der Waals surface area contributed by atoms with Gasteiger partial charge in [0.1, 0.15) is 11.8 Å². The zero-order chi connectivity index (χ0) is 12.1. The van der Waals surface area contributed by atoms with E-state index in [9.17, 15) is 4.39 Å². The Morgan fingerprint density at radius 1 is 1.17 bits per heavy atom. The largest absolute Gasteiger partial charge is 0.365 e. The molecule has 0 radical (unpaired) electrons. The molecule has 1 saturated heterocycles. The van der Waals surface area contributed by atoms with Gasteiger partial charge in [0.2, 0.25) is 0 Å². The lowest BCUT2D eigenvalue weighted by Gasteiger charge is -2.36. The molecule has 0 amide bonds. The highest BCUT2D eigenvalue weighted by Gasteiger charge is 2.26. The van der Waals surface area contributed by atoms with Crippen LogP contribution >= 0.6 is 0 Å². The minimum absolute atomic E-state index is 0.496. The molecule has 90 valence electrons. The molecule has 0 aliphatic carbocycles.